The number of carbonyl (C=O) groups is 1. The molecule has 0 spiro atoms. The number of hydrogen-bond donors (Lipinski definition) is 1. The Kier molecular flexibility index (Phi) is 7.35. The minimum Gasteiger partial charge on any atom is -0.493 e. The number of ether oxygens (including phenoxy) is 3. The Hall–Kier alpha value is -3.55. The molecule has 2 aromatic carbocycles. The topological polar surface area (TPSA) is 95.7 Å². The second kappa shape index (κ2) is 10.2. The molecule has 3 aromatic rings. The molecule has 0 saturated carbocycles. The number of rotatable bonds is 9. The molecule has 8 heteroatoms. The van der Waals surface area contributed by atoms with E-state index in [9.17, 15) is 4.79 Å². The molecule has 1 aromatic heterocycles. The summed E-state index contributed by atoms with van der Waals surface area (Å²) in [6.07, 6.45) is 0.718. The summed E-state index contributed by atoms with van der Waals surface area (Å²) in [5.74, 6) is 2.65. The fraction of sp³-hybridized carbons (Fsp3) is 0.375. The first kappa shape index (κ1) is 23.1. The van der Waals surface area contributed by atoms with Gasteiger partial charge in [-0.05, 0) is 36.6 Å². The van der Waals surface area contributed by atoms with Gasteiger partial charge in [0, 0.05) is 12.3 Å². The molecule has 0 saturated heterocycles. The smallest absolute Gasteiger partial charge is 0.260 e. The van der Waals surface area contributed by atoms with Gasteiger partial charge in [-0.1, -0.05) is 37.2 Å². The van der Waals surface area contributed by atoms with Crippen molar-refractivity contribution in [3.63, 3.8) is 0 Å². The number of amides is 1. The average Bonchev–Trinajstić information content (AvgIpc) is 3.28. The third-order valence-electron chi connectivity index (χ3n) is 5.13. The van der Waals surface area contributed by atoms with Gasteiger partial charge in [0.05, 0.1) is 32.6 Å². The van der Waals surface area contributed by atoms with E-state index in [0.29, 0.717) is 46.6 Å². The van der Waals surface area contributed by atoms with Crippen LogP contribution in [0.15, 0.2) is 34.9 Å². The van der Waals surface area contributed by atoms with Crippen LogP contribution in [0.25, 0.3) is 11.5 Å². The first-order valence-corrected chi connectivity index (χ1v) is 10.4. The van der Waals surface area contributed by atoms with E-state index in [-0.39, 0.29) is 18.2 Å². The third-order valence-corrected chi connectivity index (χ3v) is 5.13. The Balaban J connectivity index is 1.79. The molecule has 32 heavy (non-hydrogen) atoms. The zero-order chi connectivity index (χ0) is 23.3. The Bertz CT molecular complexity index is 1090. The van der Waals surface area contributed by atoms with Crippen LogP contribution in [-0.4, -0.2) is 37.4 Å². The maximum Gasteiger partial charge on any atom is 0.260 e. The van der Waals surface area contributed by atoms with Gasteiger partial charge in [-0.3, -0.25) is 4.79 Å². The molecule has 0 aliphatic carbocycles. The number of carbonyl (C=O) groups excluding carboxylic acids is 1. The second-order valence-electron chi connectivity index (χ2n) is 7.65. The third kappa shape index (κ3) is 4.85. The fourth-order valence-electron chi connectivity index (χ4n) is 3.40. The average molecular weight is 440 g/mol. The molecule has 0 bridgehead atoms. The highest BCUT2D eigenvalue weighted by molar-refractivity contribution is 5.95. The largest absolute Gasteiger partial charge is 0.493 e. The van der Waals surface area contributed by atoms with E-state index in [4.69, 9.17) is 18.7 Å². The molecule has 0 fully saturated rings. The summed E-state index contributed by atoms with van der Waals surface area (Å²) in [5.41, 5.74) is 3.12. The summed E-state index contributed by atoms with van der Waals surface area (Å²) in [5, 5.41) is 7.04. The lowest BCUT2D eigenvalue weighted by atomic mass is 10.1. The van der Waals surface area contributed by atoms with Gasteiger partial charge in [0.15, 0.2) is 17.3 Å². The molecular formula is C24H29N3O5. The maximum absolute atomic E-state index is 12.8. The number of anilines is 1. The molecule has 8 nitrogen and oxygen atoms in total. The number of benzene rings is 2. The zero-order valence-corrected chi connectivity index (χ0v) is 19.3. The van der Waals surface area contributed by atoms with Crippen molar-refractivity contribution >= 4 is 11.6 Å². The summed E-state index contributed by atoms with van der Waals surface area (Å²) in [6.45, 7) is 5.92. The predicted molar refractivity (Wildman–Crippen MR) is 122 cm³/mol. The van der Waals surface area contributed by atoms with Crippen LogP contribution in [0.5, 0.6) is 17.2 Å². The number of aromatic nitrogens is 2. The molecule has 0 radical (unpaired) electrons. The first-order chi connectivity index (χ1) is 15.4. The monoisotopic (exact) mass is 439 g/mol. The number of nitrogens with zero attached hydrogens (tertiary/aromatic N) is 2. The van der Waals surface area contributed by atoms with Crippen molar-refractivity contribution in [2.24, 2.45) is 0 Å². The van der Waals surface area contributed by atoms with Crippen LogP contribution in [0.4, 0.5) is 5.69 Å². The van der Waals surface area contributed by atoms with Gasteiger partial charge < -0.3 is 24.1 Å². The molecule has 0 aliphatic rings. The Morgan fingerprint density at radius 2 is 1.81 bits per heavy atom. The Morgan fingerprint density at radius 3 is 2.44 bits per heavy atom. The molecule has 1 heterocycles. The molecule has 170 valence electrons. The van der Waals surface area contributed by atoms with Gasteiger partial charge in [-0.25, -0.2) is 0 Å². The molecule has 0 atom stereocenters. The van der Waals surface area contributed by atoms with Crippen LogP contribution in [0.3, 0.4) is 0 Å². The first-order valence-electron chi connectivity index (χ1n) is 10.4. The highest BCUT2D eigenvalue weighted by Crippen LogP contribution is 2.40. The van der Waals surface area contributed by atoms with E-state index < -0.39 is 0 Å². The van der Waals surface area contributed by atoms with E-state index >= 15 is 0 Å². The zero-order valence-electron chi connectivity index (χ0n) is 19.3. The van der Waals surface area contributed by atoms with E-state index in [2.05, 4.69) is 15.5 Å². The van der Waals surface area contributed by atoms with Crippen molar-refractivity contribution in [1.29, 1.82) is 0 Å². The van der Waals surface area contributed by atoms with E-state index in [1.165, 1.54) is 0 Å². The minimum absolute atomic E-state index is 0.138. The summed E-state index contributed by atoms with van der Waals surface area (Å²) in [7, 11) is 4.69. The normalized spacial score (nSPS) is 10.8. The molecular weight excluding hydrogens is 410 g/mol. The van der Waals surface area contributed by atoms with E-state index in [1.54, 1.807) is 27.4 Å². The molecule has 1 N–H and O–H groups in total. The summed E-state index contributed by atoms with van der Waals surface area (Å²) in [4.78, 5) is 17.3. The van der Waals surface area contributed by atoms with Gasteiger partial charge in [0.2, 0.25) is 11.7 Å². The molecule has 1 amide bonds. The number of nitrogens with one attached hydrogen (secondary N) is 1. The lowest BCUT2D eigenvalue weighted by Crippen LogP contribution is -2.14. The van der Waals surface area contributed by atoms with Crippen LogP contribution in [0, 0.1) is 6.92 Å². The highest BCUT2D eigenvalue weighted by atomic mass is 16.5. The van der Waals surface area contributed by atoms with Crippen LogP contribution in [-0.2, 0) is 11.2 Å². The van der Waals surface area contributed by atoms with Crippen molar-refractivity contribution < 1.29 is 23.5 Å². The highest BCUT2D eigenvalue weighted by Gasteiger charge is 2.19. The Morgan fingerprint density at radius 1 is 1.06 bits per heavy atom. The standard InChI is InChI=1S/C24H29N3O5/c1-14(2)23-26-24(32-27-23)17-9-7-8-15(3)20(17)25-19(28)13-11-16-10-12-18(29-4)22(31-6)21(16)30-5/h7-10,12,14H,11,13H2,1-6H3,(H,25,28). The number of para-hydroxylation sites is 1. The summed E-state index contributed by atoms with van der Waals surface area (Å²) < 4.78 is 21.7. The summed E-state index contributed by atoms with van der Waals surface area (Å²) >= 11 is 0. The number of aryl methyl sites for hydroxylation is 2. The minimum atomic E-state index is -0.138. The van der Waals surface area contributed by atoms with Crippen molar-refractivity contribution in [3.05, 3.63) is 47.3 Å². The van der Waals surface area contributed by atoms with Gasteiger partial charge >= 0.3 is 0 Å². The van der Waals surface area contributed by atoms with Crippen molar-refractivity contribution in [2.45, 2.75) is 39.5 Å². The van der Waals surface area contributed by atoms with Gasteiger partial charge in [-0.2, -0.15) is 4.98 Å². The van der Waals surface area contributed by atoms with Crippen LogP contribution in [0.1, 0.15) is 43.1 Å². The quantitative estimate of drug-likeness (QED) is 0.513. The van der Waals surface area contributed by atoms with Gasteiger partial charge in [-0.15, -0.1) is 0 Å². The second-order valence-corrected chi connectivity index (χ2v) is 7.65. The predicted octanol–water partition coefficient (Wildman–Crippen LogP) is 4.77. The maximum atomic E-state index is 12.8. The molecule has 3 rings (SSSR count). The van der Waals surface area contributed by atoms with Gasteiger partial charge in [0.1, 0.15) is 0 Å². The molecule has 0 unspecified atom stereocenters. The summed E-state index contributed by atoms with van der Waals surface area (Å²) in [6, 6.07) is 9.36. The Labute approximate surface area is 187 Å². The van der Waals surface area contributed by atoms with E-state index in [0.717, 1.165) is 11.1 Å². The fourth-order valence-corrected chi connectivity index (χ4v) is 3.40. The van der Waals surface area contributed by atoms with Crippen LogP contribution in [0.2, 0.25) is 0 Å². The van der Waals surface area contributed by atoms with Crippen LogP contribution < -0.4 is 19.5 Å². The van der Waals surface area contributed by atoms with Crippen molar-refractivity contribution in [3.8, 4) is 28.7 Å². The lowest BCUT2D eigenvalue weighted by Gasteiger charge is -2.16. The number of methoxy groups -OCH3 is 3. The SMILES string of the molecule is COc1ccc(CCC(=O)Nc2c(C)cccc2-c2nc(C(C)C)no2)c(OC)c1OC. The lowest BCUT2D eigenvalue weighted by molar-refractivity contribution is -0.116. The van der Waals surface area contributed by atoms with Crippen molar-refractivity contribution in [2.75, 3.05) is 26.6 Å². The van der Waals surface area contributed by atoms with Crippen LogP contribution >= 0.6 is 0 Å². The van der Waals surface area contributed by atoms with Crippen molar-refractivity contribution in [1.82, 2.24) is 10.1 Å². The van der Waals surface area contributed by atoms with Gasteiger partial charge in [0.25, 0.3) is 5.89 Å². The number of hydrogen-bond acceptors (Lipinski definition) is 7. The van der Waals surface area contributed by atoms with E-state index in [1.807, 2.05) is 45.0 Å². The molecule has 0 aliphatic heterocycles.